The van der Waals surface area contributed by atoms with E-state index in [9.17, 15) is 4.79 Å². The van der Waals surface area contributed by atoms with E-state index in [4.69, 9.17) is 15.6 Å². The largest absolute Gasteiger partial charge is 1.00 e. The molecule has 0 amide bonds. The zero-order chi connectivity index (χ0) is 9.14. The van der Waals surface area contributed by atoms with Crippen LogP contribution in [-0.4, -0.2) is 16.2 Å². The van der Waals surface area contributed by atoms with Gasteiger partial charge < -0.3 is 22.6 Å². The van der Waals surface area contributed by atoms with Crippen molar-refractivity contribution in [2.24, 2.45) is 0 Å². The number of diazo groups is 1. The van der Waals surface area contributed by atoms with E-state index in [0.717, 1.165) is 0 Å². The van der Waals surface area contributed by atoms with Crippen LogP contribution in [0.2, 0.25) is 0 Å². The Bertz CT molecular complexity index is 372. The third-order valence-corrected chi connectivity index (χ3v) is 1.35. The molecule has 6 heteroatoms. The first kappa shape index (κ1) is 11.2. The van der Waals surface area contributed by atoms with Crippen LogP contribution in [0, 0.1) is 5.39 Å². The van der Waals surface area contributed by atoms with Crippen LogP contribution in [0.1, 0.15) is 10.4 Å². The quantitative estimate of drug-likeness (QED) is 0.545. The Morgan fingerprint density at radius 3 is 2.46 bits per heavy atom. The number of benzene rings is 1. The zero-order valence-electron chi connectivity index (χ0n) is 6.31. The summed E-state index contributed by atoms with van der Waals surface area (Å²) in [5.74, 6) is -1.61. The molecule has 1 aromatic carbocycles. The number of halogens is 1. The molecule has 0 aromatic heterocycles. The van der Waals surface area contributed by atoms with Gasteiger partial charge in [0.1, 0.15) is 0 Å². The van der Waals surface area contributed by atoms with Crippen molar-refractivity contribution in [1.82, 2.24) is 0 Å². The Morgan fingerprint density at radius 1 is 1.46 bits per heavy atom. The van der Waals surface area contributed by atoms with E-state index in [1.54, 1.807) is 0 Å². The first-order chi connectivity index (χ1) is 5.66. The average Bonchev–Trinajstić information content (AvgIpc) is 2.03. The van der Waals surface area contributed by atoms with E-state index in [2.05, 4.69) is 4.98 Å². The number of aromatic hydroxyl groups is 1. The molecule has 0 unspecified atom stereocenters. The summed E-state index contributed by atoms with van der Waals surface area (Å²) in [6.45, 7) is 0. The lowest BCUT2D eigenvalue weighted by Gasteiger charge is -1.90. The number of carboxylic acids is 1. The molecule has 1 rings (SSSR count). The Labute approximate surface area is 79.7 Å². The molecule has 0 radical (unpaired) electrons. The molecule has 0 fully saturated rings. The molecule has 0 heterocycles. The van der Waals surface area contributed by atoms with Gasteiger partial charge in [-0.15, -0.1) is 0 Å². The molecule has 0 saturated carbocycles. The van der Waals surface area contributed by atoms with Gasteiger partial charge >= 0.3 is 11.7 Å². The fourth-order valence-corrected chi connectivity index (χ4v) is 0.809. The summed E-state index contributed by atoms with van der Waals surface area (Å²) in [6.07, 6.45) is 0. The van der Waals surface area contributed by atoms with E-state index < -0.39 is 5.97 Å². The maximum absolute atomic E-state index is 10.5. The maximum atomic E-state index is 10.5. The number of rotatable bonds is 1. The van der Waals surface area contributed by atoms with Gasteiger partial charge in [0.25, 0.3) is 0 Å². The molecule has 1 aromatic rings. The summed E-state index contributed by atoms with van der Waals surface area (Å²) in [5.41, 5.74) is -0.567. The van der Waals surface area contributed by atoms with Crippen LogP contribution in [0.4, 0.5) is 5.69 Å². The predicted octanol–water partition coefficient (Wildman–Crippen LogP) is -1.42. The van der Waals surface area contributed by atoms with E-state index >= 15 is 0 Å². The fraction of sp³-hybridized carbons (Fsp3) is 0. The molecular formula is C7H5ClN2O3. The number of carbonyl (C=O) groups is 1. The van der Waals surface area contributed by atoms with Crippen molar-refractivity contribution in [3.05, 3.63) is 28.7 Å². The summed E-state index contributed by atoms with van der Waals surface area (Å²) < 4.78 is 0. The van der Waals surface area contributed by atoms with Crippen molar-refractivity contribution < 1.29 is 27.4 Å². The highest BCUT2D eigenvalue weighted by molar-refractivity contribution is 5.96. The SMILES string of the molecule is N#[N+]c1c(O)cccc1C(=O)O.[Cl-]. The molecule has 0 saturated heterocycles. The van der Waals surface area contributed by atoms with Crippen LogP contribution in [0.5, 0.6) is 5.75 Å². The number of hydrogen-bond donors (Lipinski definition) is 2. The van der Waals surface area contributed by atoms with Crippen molar-refractivity contribution in [2.45, 2.75) is 0 Å². The van der Waals surface area contributed by atoms with E-state index in [0.29, 0.717) is 0 Å². The van der Waals surface area contributed by atoms with Gasteiger partial charge in [-0.05, 0) is 12.1 Å². The number of nitrogens with zero attached hydrogens (tertiary/aromatic N) is 2. The lowest BCUT2D eigenvalue weighted by atomic mass is 10.2. The minimum absolute atomic E-state index is 0. The number of hydrogen-bond acceptors (Lipinski definition) is 3. The van der Waals surface area contributed by atoms with Gasteiger partial charge in [0, 0.05) is 0 Å². The molecule has 2 N–H and O–H groups in total. The Morgan fingerprint density at radius 2 is 2.08 bits per heavy atom. The average molecular weight is 201 g/mol. The van der Waals surface area contributed by atoms with Crippen LogP contribution in [0.15, 0.2) is 18.2 Å². The lowest BCUT2D eigenvalue weighted by molar-refractivity contribution is -0.0000191. The molecule has 0 spiro atoms. The Kier molecular flexibility index (Phi) is 3.69. The smallest absolute Gasteiger partial charge is 0.440 e. The van der Waals surface area contributed by atoms with Crippen LogP contribution >= 0.6 is 0 Å². The van der Waals surface area contributed by atoms with Gasteiger partial charge in [-0.3, -0.25) is 0 Å². The minimum atomic E-state index is -1.25. The molecule has 68 valence electrons. The number of carboxylic acid groups (broad SMARTS) is 1. The van der Waals surface area contributed by atoms with Crippen LogP contribution in [0.25, 0.3) is 4.98 Å². The predicted molar refractivity (Wildman–Crippen MR) is 39.8 cm³/mol. The molecule has 0 aliphatic heterocycles. The summed E-state index contributed by atoms with van der Waals surface area (Å²) in [7, 11) is 0. The van der Waals surface area contributed by atoms with Crippen LogP contribution < -0.4 is 12.4 Å². The van der Waals surface area contributed by atoms with Crippen LogP contribution in [0.3, 0.4) is 0 Å². The van der Waals surface area contributed by atoms with Crippen molar-refractivity contribution in [3.8, 4) is 5.75 Å². The van der Waals surface area contributed by atoms with Gasteiger partial charge in [0.2, 0.25) is 11.1 Å². The fourth-order valence-electron chi connectivity index (χ4n) is 0.809. The second-order valence-electron chi connectivity index (χ2n) is 2.08. The first-order valence-corrected chi connectivity index (χ1v) is 3.07. The van der Waals surface area contributed by atoms with Gasteiger partial charge in [0.15, 0.2) is 10.5 Å². The number of phenolic OH excluding ortho intramolecular Hbond substituents is 1. The molecule has 0 aliphatic carbocycles. The van der Waals surface area contributed by atoms with E-state index in [-0.39, 0.29) is 29.4 Å². The second kappa shape index (κ2) is 4.28. The molecule has 13 heavy (non-hydrogen) atoms. The topological polar surface area (TPSA) is 85.7 Å². The van der Waals surface area contributed by atoms with Crippen molar-refractivity contribution >= 4 is 11.7 Å². The molecular weight excluding hydrogens is 196 g/mol. The van der Waals surface area contributed by atoms with Crippen molar-refractivity contribution in [2.75, 3.05) is 0 Å². The lowest BCUT2D eigenvalue weighted by Crippen LogP contribution is -3.00. The van der Waals surface area contributed by atoms with Gasteiger partial charge in [0.05, 0.1) is 0 Å². The highest BCUT2D eigenvalue weighted by Gasteiger charge is 2.24. The Hall–Kier alpha value is -1.80. The number of aromatic carboxylic acids is 1. The summed E-state index contributed by atoms with van der Waals surface area (Å²) in [6, 6.07) is 3.83. The highest BCUT2D eigenvalue weighted by Crippen LogP contribution is 2.29. The minimum Gasteiger partial charge on any atom is -1.00 e. The van der Waals surface area contributed by atoms with Crippen molar-refractivity contribution in [3.63, 3.8) is 0 Å². The molecule has 0 aliphatic rings. The van der Waals surface area contributed by atoms with Crippen LogP contribution in [-0.2, 0) is 0 Å². The monoisotopic (exact) mass is 200 g/mol. The third-order valence-electron chi connectivity index (χ3n) is 1.35. The standard InChI is InChI=1S/C7H4N2O3.ClH/c8-9-6-4(7(11)12)2-1-3-5(6)10;/h1-3H,(H-,10,11,12);1H. The molecule has 0 atom stereocenters. The molecule has 5 nitrogen and oxygen atoms in total. The number of phenols is 1. The first-order valence-electron chi connectivity index (χ1n) is 3.07. The zero-order valence-corrected chi connectivity index (χ0v) is 7.06. The normalized spacial score (nSPS) is 8.23. The Balaban J connectivity index is 0.00000144. The summed E-state index contributed by atoms with van der Waals surface area (Å²) >= 11 is 0. The van der Waals surface area contributed by atoms with Gasteiger partial charge in [-0.1, -0.05) is 6.07 Å². The van der Waals surface area contributed by atoms with Crippen molar-refractivity contribution in [1.29, 1.82) is 5.39 Å². The maximum Gasteiger partial charge on any atom is 0.440 e. The van der Waals surface area contributed by atoms with Gasteiger partial charge in [-0.25, -0.2) is 4.79 Å². The van der Waals surface area contributed by atoms with E-state index in [1.165, 1.54) is 18.2 Å². The summed E-state index contributed by atoms with van der Waals surface area (Å²) in [4.78, 5) is 13.1. The summed E-state index contributed by atoms with van der Waals surface area (Å²) in [5, 5.41) is 25.9. The molecule has 0 bridgehead atoms. The highest BCUT2D eigenvalue weighted by atomic mass is 35.5. The van der Waals surface area contributed by atoms with E-state index in [1.807, 2.05) is 0 Å². The third kappa shape index (κ3) is 2.07. The second-order valence-corrected chi connectivity index (χ2v) is 2.08. The van der Waals surface area contributed by atoms with Gasteiger partial charge in [-0.2, -0.15) is 0 Å².